The van der Waals surface area contributed by atoms with Gasteiger partial charge >= 0.3 is 0 Å². The average Bonchev–Trinajstić information content (AvgIpc) is 2.51. The fourth-order valence-electron chi connectivity index (χ4n) is 2.60. The van der Waals surface area contributed by atoms with Gasteiger partial charge in [0.15, 0.2) is 0 Å². The van der Waals surface area contributed by atoms with Crippen LogP contribution in [-0.2, 0) is 21.4 Å². The lowest BCUT2D eigenvalue weighted by molar-refractivity contribution is -0.116. The van der Waals surface area contributed by atoms with Gasteiger partial charge in [0, 0.05) is 6.54 Å². The summed E-state index contributed by atoms with van der Waals surface area (Å²) < 4.78 is 25.3. The highest BCUT2D eigenvalue weighted by Gasteiger charge is 2.21. The quantitative estimate of drug-likeness (QED) is 0.812. The van der Waals surface area contributed by atoms with Crippen LogP contribution in [0.15, 0.2) is 36.4 Å². The van der Waals surface area contributed by atoms with Crippen LogP contribution >= 0.6 is 11.6 Å². The van der Waals surface area contributed by atoms with Gasteiger partial charge in [-0.15, -0.1) is 0 Å². The zero-order valence-corrected chi connectivity index (χ0v) is 16.9. The molecule has 0 aliphatic rings. The highest BCUT2D eigenvalue weighted by Crippen LogP contribution is 2.27. The van der Waals surface area contributed by atoms with Gasteiger partial charge in [-0.25, -0.2) is 8.42 Å². The first-order valence-electron chi connectivity index (χ1n) is 8.13. The molecule has 0 heterocycles. The van der Waals surface area contributed by atoms with Crippen LogP contribution in [0.1, 0.15) is 22.3 Å². The summed E-state index contributed by atoms with van der Waals surface area (Å²) in [5.41, 5.74) is 4.22. The minimum atomic E-state index is -3.55. The molecular formula is C19H23ClN2O3S. The maximum atomic E-state index is 12.4. The Morgan fingerprint density at radius 3 is 2.23 bits per heavy atom. The van der Waals surface area contributed by atoms with E-state index in [1.54, 1.807) is 6.07 Å². The van der Waals surface area contributed by atoms with Crippen molar-refractivity contribution in [1.29, 1.82) is 0 Å². The van der Waals surface area contributed by atoms with Gasteiger partial charge in [-0.05, 0) is 43.5 Å². The molecule has 2 rings (SSSR count). The number of aryl methyl sites for hydroxylation is 3. The van der Waals surface area contributed by atoms with Gasteiger partial charge in [-0.1, -0.05) is 47.5 Å². The summed E-state index contributed by atoms with van der Waals surface area (Å²) >= 11 is 6.20. The normalized spacial score (nSPS) is 11.6. The number of hydrogen-bond donors (Lipinski definition) is 1. The summed E-state index contributed by atoms with van der Waals surface area (Å²) in [6, 6.07) is 11.2. The van der Waals surface area contributed by atoms with Crippen LogP contribution in [0.25, 0.3) is 0 Å². The monoisotopic (exact) mass is 394 g/mol. The van der Waals surface area contributed by atoms with Crippen LogP contribution in [0.4, 0.5) is 5.69 Å². The van der Waals surface area contributed by atoms with Crippen LogP contribution < -0.4 is 5.32 Å². The SMILES string of the molecule is Cc1ccc(CN(CC(=O)Nc2c(C)cc(C)cc2Cl)S(C)(=O)=O)cc1. The fraction of sp³-hybridized carbons (Fsp3) is 0.316. The highest BCUT2D eigenvalue weighted by molar-refractivity contribution is 7.88. The molecule has 1 amide bonds. The van der Waals surface area contributed by atoms with Gasteiger partial charge in [0.2, 0.25) is 15.9 Å². The number of hydrogen-bond acceptors (Lipinski definition) is 3. The first kappa shape index (κ1) is 20.4. The molecule has 0 aliphatic heterocycles. The van der Waals surface area contributed by atoms with Gasteiger partial charge in [0.25, 0.3) is 0 Å². The lowest BCUT2D eigenvalue weighted by Crippen LogP contribution is -2.37. The topological polar surface area (TPSA) is 66.5 Å². The number of nitrogens with one attached hydrogen (secondary N) is 1. The van der Waals surface area contributed by atoms with E-state index in [1.807, 2.05) is 51.1 Å². The molecule has 2 aromatic rings. The number of carbonyl (C=O) groups is 1. The lowest BCUT2D eigenvalue weighted by atomic mass is 10.1. The minimum Gasteiger partial charge on any atom is -0.323 e. The largest absolute Gasteiger partial charge is 0.323 e. The summed E-state index contributed by atoms with van der Waals surface area (Å²) in [5.74, 6) is -0.434. The summed E-state index contributed by atoms with van der Waals surface area (Å²) in [5, 5.41) is 3.16. The molecule has 5 nitrogen and oxygen atoms in total. The summed E-state index contributed by atoms with van der Waals surface area (Å²) in [7, 11) is -3.55. The standard InChI is InChI=1S/C19H23ClN2O3S/c1-13-5-7-16(8-6-13)11-22(26(4,24)25)12-18(23)21-19-15(3)9-14(2)10-17(19)20/h5-10H,11-12H2,1-4H3,(H,21,23). The zero-order valence-electron chi connectivity index (χ0n) is 15.3. The Morgan fingerprint density at radius 2 is 1.69 bits per heavy atom. The number of nitrogens with zero attached hydrogens (tertiary/aromatic N) is 1. The third-order valence-corrected chi connectivity index (χ3v) is 5.46. The number of halogens is 1. The van der Waals surface area contributed by atoms with Crippen molar-refractivity contribution >= 4 is 33.2 Å². The molecule has 0 bridgehead atoms. The molecule has 0 atom stereocenters. The number of amides is 1. The molecule has 0 fully saturated rings. The second kappa shape index (κ2) is 8.20. The molecule has 2 aromatic carbocycles. The van der Waals surface area contributed by atoms with E-state index in [2.05, 4.69) is 5.32 Å². The highest BCUT2D eigenvalue weighted by atomic mass is 35.5. The van der Waals surface area contributed by atoms with Crippen LogP contribution in [0.5, 0.6) is 0 Å². The lowest BCUT2D eigenvalue weighted by Gasteiger charge is -2.20. The predicted octanol–water partition coefficient (Wildman–Crippen LogP) is 3.67. The van der Waals surface area contributed by atoms with Gasteiger partial charge in [-0.3, -0.25) is 4.79 Å². The van der Waals surface area contributed by atoms with Crippen molar-refractivity contribution in [2.75, 3.05) is 18.1 Å². The average molecular weight is 395 g/mol. The van der Waals surface area contributed by atoms with Crippen molar-refractivity contribution in [3.8, 4) is 0 Å². The van der Waals surface area contributed by atoms with Crippen molar-refractivity contribution in [3.05, 3.63) is 63.7 Å². The van der Waals surface area contributed by atoms with Gasteiger partial charge in [0.05, 0.1) is 23.5 Å². The second-order valence-electron chi connectivity index (χ2n) is 6.50. The van der Waals surface area contributed by atoms with Crippen molar-refractivity contribution in [3.63, 3.8) is 0 Å². The smallest absolute Gasteiger partial charge is 0.239 e. The van der Waals surface area contributed by atoms with Crippen LogP contribution in [0.3, 0.4) is 0 Å². The molecule has 7 heteroatoms. The molecule has 0 aliphatic carbocycles. The summed E-state index contributed by atoms with van der Waals surface area (Å²) in [6.07, 6.45) is 1.10. The Bertz CT molecular complexity index is 886. The van der Waals surface area contributed by atoms with Crippen LogP contribution in [-0.4, -0.2) is 31.4 Å². The Morgan fingerprint density at radius 1 is 1.08 bits per heavy atom. The maximum Gasteiger partial charge on any atom is 0.239 e. The van der Waals surface area contributed by atoms with Gasteiger partial charge < -0.3 is 5.32 Å². The third-order valence-electron chi connectivity index (χ3n) is 3.96. The third kappa shape index (κ3) is 5.56. The number of anilines is 1. The first-order valence-corrected chi connectivity index (χ1v) is 10.4. The van der Waals surface area contributed by atoms with Crippen molar-refractivity contribution in [1.82, 2.24) is 4.31 Å². The van der Waals surface area contributed by atoms with Crippen LogP contribution in [0.2, 0.25) is 5.02 Å². The molecule has 140 valence electrons. The Labute approximate surface area is 160 Å². The predicted molar refractivity (Wildman–Crippen MR) is 106 cm³/mol. The molecule has 0 radical (unpaired) electrons. The van der Waals surface area contributed by atoms with Gasteiger partial charge in [0.1, 0.15) is 0 Å². The van der Waals surface area contributed by atoms with Crippen LogP contribution in [0, 0.1) is 20.8 Å². The first-order chi connectivity index (χ1) is 12.1. The molecule has 1 N–H and O–H groups in total. The van der Waals surface area contributed by atoms with E-state index in [9.17, 15) is 13.2 Å². The van der Waals surface area contributed by atoms with E-state index in [0.717, 1.165) is 32.8 Å². The number of benzene rings is 2. The van der Waals surface area contributed by atoms with E-state index < -0.39 is 15.9 Å². The van der Waals surface area contributed by atoms with E-state index in [-0.39, 0.29) is 13.1 Å². The molecule has 0 spiro atoms. The Kier molecular flexibility index (Phi) is 6.44. The van der Waals surface area contributed by atoms with Crippen molar-refractivity contribution < 1.29 is 13.2 Å². The Balaban J connectivity index is 2.16. The number of rotatable bonds is 6. The van der Waals surface area contributed by atoms with E-state index in [0.29, 0.717) is 10.7 Å². The minimum absolute atomic E-state index is 0.132. The maximum absolute atomic E-state index is 12.4. The van der Waals surface area contributed by atoms with E-state index in [4.69, 9.17) is 11.6 Å². The molecule has 26 heavy (non-hydrogen) atoms. The summed E-state index contributed by atoms with van der Waals surface area (Å²) in [4.78, 5) is 12.4. The molecule has 0 saturated heterocycles. The fourth-order valence-corrected chi connectivity index (χ4v) is 3.70. The zero-order chi connectivity index (χ0) is 19.5. The van der Waals surface area contributed by atoms with E-state index >= 15 is 0 Å². The van der Waals surface area contributed by atoms with E-state index in [1.165, 1.54) is 0 Å². The van der Waals surface area contributed by atoms with Crippen molar-refractivity contribution in [2.45, 2.75) is 27.3 Å². The van der Waals surface area contributed by atoms with Gasteiger partial charge in [-0.2, -0.15) is 4.31 Å². The second-order valence-corrected chi connectivity index (χ2v) is 8.89. The number of carbonyl (C=O) groups excluding carboxylic acids is 1. The molecule has 0 unspecified atom stereocenters. The molecule has 0 aromatic heterocycles. The number of sulfonamides is 1. The Hall–Kier alpha value is -1.89. The molecule has 0 saturated carbocycles. The molecular weight excluding hydrogens is 372 g/mol. The summed E-state index contributed by atoms with van der Waals surface area (Å²) in [6.45, 7) is 5.56. The van der Waals surface area contributed by atoms with Crippen molar-refractivity contribution in [2.24, 2.45) is 0 Å².